The normalized spacial score (nSPS) is 17.1. The van der Waals surface area contributed by atoms with Gasteiger partial charge in [0, 0.05) is 6.08 Å². The van der Waals surface area contributed by atoms with Crippen molar-refractivity contribution in [1.82, 2.24) is 0 Å². The van der Waals surface area contributed by atoms with Crippen molar-refractivity contribution >= 4 is 22.4 Å². The third kappa shape index (κ3) is 1.70. The maximum Gasteiger partial charge on any atom is 0.245 e. The summed E-state index contributed by atoms with van der Waals surface area (Å²) >= 11 is 5.27. The van der Waals surface area contributed by atoms with Crippen LogP contribution < -0.4 is 0 Å². The van der Waals surface area contributed by atoms with Crippen molar-refractivity contribution in [2.24, 2.45) is 0 Å². The van der Waals surface area contributed by atoms with E-state index in [1.165, 1.54) is 18.2 Å². The van der Waals surface area contributed by atoms with Crippen LogP contribution in [0.4, 0.5) is 4.39 Å². The van der Waals surface area contributed by atoms with E-state index < -0.39 is 5.24 Å². The second-order valence-corrected chi connectivity index (χ2v) is 3.65. The maximum absolute atomic E-state index is 12.8. The zero-order chi connectivity index (χ0) is 10.1. The lowest BCUT2D eigenvalue weighted by atomic mass is 10.1. The SMILES string of the molecule is O=C(Cl)/C=C1\CCc2cc(F)ccc21. The molecule has 1 nitrogen and oxygen atoms in total. The topological polar surface area (TPSA) is 17.1 Å². The minimum Gasteiger partial charge on any atom is -0.276 e. The summed E-state index contributed by atoms with van der Waals surface area (Å²) in [5, 5.41) is -0.475. The molecule has 2 rings (SSSR count). The van der Waals surface area contributed by atoms with Gasteiger partial charge < -0.3 is 0 Å². The van der Waals surface area contributed by atoms with Gasteiger partial charge in [-0.05, 0) is 53.3 Å². The minimum atomic E-state index is -0.475. The van der Waals surface area contributed by atoms with Crippen molar-refractivity contribution in [3.8, 4) is 0 Å². The van der Waals surface area contributed by atoms with Gasteiger partial charge in [0.25, 0.3) is 0 Å². The van der Waals surface area contributed by atoms with Gasteiger partial charge in [0.05, 0.1) is 0 Å². The third-order valence-corrected chi connectivity index (χ3v) is 2.47. The predicted molar refractivity (Wildman–Crippen MR) is 53.6 cm³/mol. The first-order valence-corrected chi connectivity index (χ1v) is 4.73. The Morgan fingerprint density at radius 3 is 2.93 bits per heavy atom. The zero-order valence-corrected chi connectivity index (χ0v) is 8.14. The molecule has 0 aromatic heterocycles. The fraction of sp³-hybridized carbons (Fsp3) is 0.182. The molecular weight excluding hydrogens is 203 g/mol. The summed E-state index contributed by atoms with van der Waals surface area (Å²) in [7, 11) is 0. The molecule has 1 aliphatic carbocycles. The molecule has 0 atom stereocenters. The van der Waals surface area contributed by atoms with Crippen LogP contribution in [0.15, 0.2) is 24.3 Å². The standard InChI is InChI=1S/C11H8ClFO/c12-11(14)6-8-2-1-7-5-9(13)3-4-10(7)8/h3-6H,1-2H2/b8-6+. The summed E-state index contributed by atoms with van der Waals surface area (Å²) in [5.74, 6) is -0.234. The van der Waals surface area contributed by atoms with Gasteiger partial charge in [-0.3, -0.25) is 4.79 Å². The van der Waals surface area contributed by atoms with Crippen LogP contribution in [0.2, 0.25) is 0 Å². The number of hydrogen-bond acceptors (Lipinski definition) is 1. The van der Waals surface area contributed by atoms with Gasteiger partial charge in [-0.15, -0.1) is 0 Å². The first-order valence-electron chi connectivity index (χ1n) is 4.35. The molecule has 0 spiro atoms. The highest BCUT2D eigenvalue weighted by Gasteiger charge is 2.16. The average Bonchev–Trinajstić information content (AvgIpc) is 2.47. The minimum absolute atomic E-state index is 0.234. The van der Waals surface area contributed by atoms with Crippen molar-refractivity contribution < 1.29 is 9.18 Å². The fourth-order valence-corrected chi connectivity index (χ4v) is 1.91. The molecule has 72 valence electrons. The van der Waals surface area contributed by atoms with Gasteiger partial charge in [-0.1, -0.05) is 6.07 Å². The Bertz CT molecular complexity index is 423. The van der Waals surface area contributed by atoms with Crippen LogP contribution in [-0.2, 0) is 11.2 Å². The predicted octanol–water partition coefficient (Wildman–Crippen LogP) is 2.92. The van der Waals surface area contributed by atoms with Gasteiger partial charge in [0.2, 0.25) is 5.24 Å². The summed E-state index contributed by atoms with van der Waals surface area (Å²) in [4.78, 5) is 10.7. The third-order valence-electron chi connectivity index (χ3n) is 2.36. The molecule has 0 N–H and O–H groups in total. The van der Waals surface area contributed by atoms with Gasteiger partial charge in [-0.25, -0.2) is 4.39 Å². The highest BCUT2D eigenvalue weighted by molar-refractivity contribution is 6.67. The van der Waals surface area contributed by atoms with Crippen LogP contribution in [0.5, 0.6) is 0 Å². The van der Waals surface area contributed by atoms with E-state index in [1.54, 1.807) is 6.07 Å². The molecule has 0 saturated heterocycles. The Morgan fingerprint density at radius 2 is 2.21 bits per heavy atom. The molecule has 0 saturated carbocycles. The number of rotatable bonds is 1. The van der Waals surface area contributed by atoms with E-state index in [0.29, 0.717) is 0 Å². The molecule has 0 heterocycles. The summed E-state index contributed by atoms with van der Waals surface area (Å²) in [6.45, 7) is 0. The van der Waals surface area contributed by atoms with Crippen molar-refractivity contribution in [2.45, 2.75) is 12.8 Å². The van der Waals surface area contributed by atoms with E-state index in [4.69, 9.17) is 11.6 Å². The van der Waals surface area contributed by atoms with Crippen LogP contribution in [0.25, 0.3) is 5.57 Å². The quantitative estimate of drug-likeness (QED) is 0.515. The summed E-state index contributed by atoms with van der Waals surface area (Å²) in [5.41, 5.74) is 2.80. The average molecular weight is 211 g/mol. The molecule has 1 aromatic carbocycles. The number of benzene rings is 1. The Hall–Kier alpha value is -1.15. The van der Waals surface area contributed by atoms with Crippen molar-refractivity contribution in [3.05, 3.63) is 41.2 Å². The van der Waals surface area contributed by atoms with Crippen molar-refractivity contribution in [1.29, 1.82) is 0 Å². The Morgan fingerprint density at radius 1 is 1.43 bits per heavy atom. The summed E-state index contributed by atoms with van der Waals surface area (Å²) in [6, 6.07) is 4.61. The van der Waals surface area contributed by atoms with Gasteiger partial charge in [0.1, 0.15) is 5.82 Å². The maximum atomic E-state index is 12.8. The van der Waals surface area contributed by atoms with Gasteiger partial charge >= 0.3 is 0 Å². The number of carbonyl (C=O) groups is 1. The fourth-order valence-electron chi connectivity index (χ4n) is 1.77. The van der Waals surface area contributed by atoms with E-state index in [-0.39, 0.29) is 5.82 Å². The van der Waals surface area contributed by atoms with E-state index in [2.05, 4.69) is 0 Å². The van der Waals surface area contributed by atoms with Gasteiger partial charge in [0.15, 0.2) is 0 Å². The van der Waals surface area contributed by atoms with E-state index in [0.717, 1.165) is 29.5 Å². The molecule has 1 aromatic rings. The lowest BCUT2D eigenvalue weighted by Crippen LogP contribution is -1.85. The lowest BCUT2D eigenvalue weighted by molar-refractivity contribution is -0.107. The summed E-state index contributed by atoms with van der Waals surface area (Å²) < 4.78 is 12.8. The molecule has 0 radical (unpaired) electrons. The first-order chi connectivity index (χ1) is 6.66. The van der Waals surface area contributed by atoms with E-state index in [9.17, 15) is 9.18 Å². The molecule has 0 fully saturated rings. The van der Waals surface area contributed by atoms with Crippen LogP contribution in [-0.4, -0.2) is 5.24 Å². The highest BCUT2D eigenvalue weighted by atomic mass is 35.5. The lowest BCUT2D eigenvalue weighted by Gasteiger charge is -1.99. The van der Waals surface area contributed by atoms with Crippen LogP contribution in [0.1, 0.15) is 17.5 Å². The highest BCUT2D eigenvalue weighted by Crippen LogP contribution is 2.32. The Balaban J connectivity index is 2.45. The Kier molecular flexibility index (Phi) is 2.38. The molecule has 0 amide bonds. The van der Waals surface area contributed by atoms with Crippen molar-refractivity contribution in [3.63, 3.8) is 0 Å². The first kappa shape index (κ1) is 9.41. The van der Waals surface area contributed by atoms with Crippen molar-refractivity contribution in [2.75, 3.05) is 0 Å². The van der Waals surface area contributed by atoms with Crippen LogP contribution >= 0.6 is 11.6 Å². The zero-order valence-electron chi connectivity index (χ0n) is 7.39. The second kappa shape index (κ2) is 3.54. The molecule has 1 aliphatic rings. The smallest absolute Gasteiger partial charge is 0.245 e. The molecule has 0 unspecified atom stereocenters. The number of aryl methyl sites for hydroxylation is 1. The number of halogens is 2. The molecule has 3 heteroatoms. The number of hydrogen-bond donors (Lipinski definition) is 0. The molecule has 0 aliphatic heterocycles. The largest absolute Gasteiger partial charge is 0.276 e. The number of fused-ring (bicyclic) bond motifs is 1. The van der Waals surface area contributed by atoms with Crippen LogP contribution in [0, 0.1) is 5.82 Å². The Labute approximate surface area is 86.2 Å². The number of carbonyl (C=O) groups excluding carboxylic acids is 1. The van der Waals surface area contributed by atoms with Gasteiger partial charge in [-0.2, -0.15) is 0 Å². The van der Waals surface area contributed by atoms with Crippen LogP contribution in [0.3, 0.4) is 0 Å². The summed E-state index contributed by atoms with van der Waals surface area (Å²) in [6.07, 6.45) is 2.95. The second-order valence-electron chi connectivity index (χ2n) is 3.28. The molecule has 0 bridgehead atoms. The monoisotopic (exact) mass is 210 g/mol. The molecular formula is C11H8ClFO. The van der Waals surface area contributed by atoms with E-state index in [1.807, 2.05) is 0 Å². The van der Waals surface area contributed by atoms with E-state index >= 15 is 0 Å². The molecule has 14 heavy (non-hydrogen) atoms. The number of allylic oxidation sites excluding steroid dienone is 2.